The van der Waals surface area contributed by atoms with Crippen molar-refractivity contribution in [1.29, 1.82) is 0 Å². The van der Waals surface area contributed by atoms with Crippen LogP contribution in [0.5, 0.6) is 0 Å². The number of carbonyl (C=O) groups is 2. The van der Waals surface area contributed by atoms with Gasteiger partial charge in [0, 0.05) is 16.6 Å². The number of hydrogen-bond acceptors (Lipinski definition) is 5. The van der Waals surface area contributed by atoms with Gasteiger partial charge in [0.1, 0.15) is 5.76 Å². The molecule has 2 aromatic heterocycles. The highest BCUT2D eigenvalue weighted by Crippen LogP contribution is 2.23. The van der Waals surface area contributed by atoms with Crippen molar-refractivity contribution in [2.45, 2.75) is 6.92 Å². The molecular weight excluding hydrogens is 314 g/mol. The summed E-state index contributed by atoms with van der Waals surface area (Å²) in [6.07, 6.45) is 1.64. The standard InChI is InChI=1S/C16H13N3O3S/c1-9-7-18-16(22-9)10-3-2-4-12(5-10)19-15(21)13-6-11(8-23-13)14(17)20/h2-8H,1H3,(H2,17,20)(H,19,21). The average molecular weight is 327 g/mol. The lowest BCUT2D eigenvalue weighted by Gasteiger charge is -2.04. The Hall–Kier alpha value is -2.93. The number of benzene rings is 1. The van der Waals surface area contributed by atoms with Crippen LogP contribution in [0, 0.1) is 6.92 Å². The monoisotopic (exact) mass is 327 g/mol. The van der Waals surface area contributed by atoms with E-state index >= 15 is 0 Å². The van der Waals surface area contributed by atoms with Crippen molar-refractivity contribution in [3.63, 3.8) is 0 Å². The van der Waals surface area contributed by atoms with E-state index < -0.39 is 5.91 Å². The van der Waals surface area contributed by atoms with Crippen molar-refractivity contribution in [1.82, 2.24) is 4.98 Å². The molecule has 0 fully saturated rings. The summed E-state index contributed by atoms with van der Waals surface area (Å²) >= 11 is 1.17. The second-order valence-electron chi connectivity index (χ2n) is 4.87. The zero-order chi connectivity index (χ0) is 16.4. The number of carbonyl (C=O) groups excluding carboxylic acids is 2. The minimum atomic E-state index is -0.554. The van der Waals surface area contributed by atoms with E-state index in [-0.39, 0.29) is 5.91 Å². The molecule has 0 atom stereocenters. The van der Waals surface area contributed by atoms with Crippen LogP contribution >= 0.6 is 11.3 Å². The number of oxazole rings is 1. The average Bonchev–Trinajstić information content (AvgIpc) is 3.16. The van der Waals surface area contributed by atoms with E-state index in [2.05, 4.69) is 10.3 Å². The van der Waals surface area contributed by atoms with Crippen LogP contribution in [0.2, 0.25) is 0 Å². The van der Waals surface area contributed by atoms with Gasteiger partial charge >= 0.3 is 0 Å². The fourth-order valence-corrected chi connectivity index (χ4v) is 2.79. The summed E-state index contributed by atoms with van der Waals surface area (Å²) in [6.45, 7) is 1.81. The van der Waals surface area contributed by atoms with Crippen LogP contribution in [0.3, 0.4) is 0 Å². The number of nitrogens with one attached hydrogen (secondary N) is 1. The minimum absolute atomic E-state index is 0.303. The molecule has 3 rings (SSSR count). The number of rotatable bonds is 4. The molecule has 3 N–H and O–H groups in total. The van der Waals surface area contributed by atoms with Gasteiger partial charge in [0.05, 0.1) is 16.6 Å². The molecule has 23 heavy (non-hydrogen) atoms. The van der Waals surface area contributed by atoms with Gasteiger partial charge in [0.25, 0.3) is 5.91 Å². The molecule has 7 heteroatoms. The van der Waals surface area contributed by atoms with Crippen LogP contribution in [0.1, 0.15) is 25.8 Å². The van der Waals surface area contributed by atoms with E-state index in [0.717, 1.165) is 5.56 Å². The van der Waals surface area contributed by atoms with Gasteiger partial charge in [-0.3, -0.25) is 9.59 Å². The fourth-order valence-electron chi connectivity index (χ4n) is 2.00. The third kappa shape index (κ3) is 3.29. The molecule has 0 unspecified atom stereocenters. The molecule has 0 radical (unpaired) electrons. The lowest BCUT2D eigenvalue weighted by molar-refractivity contribution is 0.100. The molecule has 0 aliphatic heterocycles. The first kappa shape index (κ1) is 15.0. The van der Waals surface area contributed by atoms with Crippen LogP contribution in [0.25, 0.3) is 11.5 Å². The Morgan fingerprint density at radius 2 is 2.13 bits per heavy atom. The van der Waals surface area contributed by atoms with Crippen LogP contribution in [-0.2, 0) is 0 Å². The van der Waals surface area contributed by atoms with Crippen molar-refractivity contribution < 1.29 is 14.0 Å². The van der Waals surface area contributed by atoms with Gasteiger partial charge in [-0.2, -0.15) is 0 Å². The Bertz CT molecular complexity index is 882. The number of nitrogens with two attached hydrogens (primary N) is 1. The number of aromatic nitrogens is 1. The van der Waals surface area contributed by atoms with Gasteiger partial charge in [0.15, 0.2) is 0 Å². The molecule has 0 aliphatic carbocycles. The Balaban J connectivity index is 1.79. The van der Waals surface area contributed by atoms with E-state index in [0.29, 0.717) is 27.8 Å². The van der Waals surface area contributed by atoms with Crippen molar-refractivity contribution in [2.75, 3.05) is 5.32 Å². The number of anilines is 1. The number of nitrogens with zero attached hydrogens (tertiary/aromatic N) is 1. The maximum absolute atomic E-state index is 12.2. The summed E-state index contributed by atoms with van der Waals surface area (Å²) in [4.78, 5) is 27.9. The summed E-state index contributed by atoms with van der Waals surface area (Å²) in [5, 5.41) is 4.34. The molecule has 3 aromatic rings. The third-order valence-electron chi connectivity index (χ3n) is 3.10. The smallest absolute Gasteiger partial charge is 0.265 e. The number of primary amides is 1. The number of hydrogen-bond donors (Lipinski definition) is 2. The predicted molar refractivity (Wildman–Crippen MR) is 87.5 cm³/mol. The normalized spacial score (nSPS) is 10.5. The summed E-state index contributed by atoms with van der Waals surface area (Å²) in [5.74, 6) is 0.350. The zero-order valence-electron chi connectivity index (χ0n) is 12.2. The van der Waals surface area contributed by atoms with Crippen molar-refractivity contribution in [3.8, 4) is 11.5 Å². The van der Waals surface area contributed by atoms with Gasteiger partial charge in [-0.15, -0.1) is 11.3 Å². The quantitative estimate of drug-likeness (QED) is 0.769. The van der Waals surface area contributed by atoms with Crippen molar-refractivity contribution in [2.24, 2.45) is 5.73 Å². The van der Waals surface area contributed by atoms with Gasteiger partial charge in [0.2, 0.25) is 11.8 Å². The molecule has 0 spiro atoms. The Morgan fingerprint density at radius 3 is 2.78 bits per heavy atom. The van der Waals surface area contributed by atoms with Gasteiger partial charge in [-0.1, -0.05) is 6.07 Å². The minimum Gasteiger partial charge on any atom is -0.441 e. The Labute approximate surface area is 136 Å². The Morgan fingerprint density at radius 1 is 1.30 bits per heavy atom. The highest BCUT2D eigenvalue weighted by molar-refractivity contribution is 7.12. The SMILES string of the molecule is Cc1cnc(-c2cccc(NC(=O)c3cc(C(N)=O)cs3)c2)o1. The van der Waals surface area contributed by atoms with Gasteiger partial charge in [-0.25, -0.2) is 4.98 Å². The predicted octanol–water partition coefficient (Wildman–Crippen LogP) is 3.06. The van der Waals surface area contributed by atoms with E-state index in [1.165, 1.54) is 17.4 Å². The van der Waals surface area contributed by atoms with Crippen LogP contribution < -0.4 is 11.1 Å². The first-order valence-corrected chi connectivity index (χ1v) is 7.63. The first-order valence-electron chi connectivity index (χ1n) is 6.75. The maximum Gasteiger partial charge on any atom is 0.265 e. The number of thiophene rings is 1. The first-order chi connectivity index (χ1) is 11.0. The summed E-state index contributed by atoms with van der Waals surface area (Å²) in [5.41, 5.74) is 6.88. The highest BCUT2D eigenvalue weighted by Gasteiger charge is 2.13. The fraction of sp³-hybridized carbons (Fsp3) is 0.0625. The summed E-state index contributed by atoms with van der Waals surface area (Å²) < 4.78 is 5.47. The van der Waals surface area contributed by atoms with Gasteiger partial charge in [-0.05, 0) is 31.2 Å². The molecule has 0 bridgehead atoms. The van der Waals surface area contributed by atoms with Gasteiger partial charge < -0.3 is 15.5 Å². The van der Waals surface area contributed by atoms with Crippen LogP contribution in [0.4, 0.5) is 5.69 Å². The molecule has 0 saturated carbocycles. The lowest BCUT2D eigenvalue weighted by Crippen LogP contribution is -2.12. The summed E-state index contributed by atoms with van der Waals surface area (Å²) in [7, 11) is 0. The van der Waals surface area contributed by atoms with Crippen molar-refractivity contribution in [3.05, 3.63) is 58.1 Å². The largest absolute Gasteiger partial charge is 0.441 e. The molecule has 0 aliphatic rings. The topological polar surface area (TPSA) is 98.2 Å². The molecule has 2 heterocycles. The van der Waals surface area contributed by atoms with E-state index in [1.54, 1.807) is 29.8 Å². The molecule has 6 nitrogen and oxygen atoms in total. The van der Waals surface area contributed by atoms with Crippen LogP contribution in [-0.4, -0.2) is 16.8 Å². The number of amides is 2. The van der Waals surface area contributed by atoms with E-state index in [1.807, 2.05) is 13.0 Å². The van der Waals surface area contributed by atoms with E-state index in [4.69, 9.17) is 10.2 Å². The van der Waals surface area contributed by atoms with E-state index in [9.17, 15) is 9.59 Å². The van der Waals surface area contributed by atoms with Crippen LogP contribution in [0.15, 0.2) is 46.3 Å². The lowest BCUT2D eigenvalue weighted by atomic mass is 10.2. The molecule has 1 aromatic carbocycles. The zero-order valence-corrected chi connectivity index (χ0v) is 13.0. The molecule has 2 amide bonds. The highest BCUT2D eigenvalue weighted by atomic mass is 32.1. The number of aryl methyl sites for hydroxylation is 1. The maximum atomic E-state index is 12.2. The second-order valence-corrected chi connectivity index (χ2v) is 5.79. The molecular formula is C16H13N3O3S. The molecule has 116 valence electrons. The Kier molecular flexibility index (Phi) is 3.94. The van der Waals surface area contributed by atoms with Crippen molar-refractivity contribution >= 4 is 28.8 Å². The summed E-state index contributed by atoms with van der Waals surface area (Å²) in [6, 6.07) is 8.65. The second kappa shape index (κ2) is 6.05. The molecule has 0 saturated heterocycles. The third-order valence-corrected chi connectivity index (χ3v) is 4.03.